The van der Waals surface area contributed by atoms with Crippen LogP contribution >= 0.6 is 11.6 Å². The number of furan rings is 1. The van der Waals surface area contributed by atoms with E-state index in [-0.39, 0.29) is 18.4 Å². The second-order valence-corrected chi connectivity index (χ2v) is 8.68. The summed E-state index contributed by atoms with van der Waals surface area (Å²) in [6, 6.07) is 16.6. The highest BCUT2D eigenvalue weighted by atomic mass is 35.5. The summed E-state index contributed by atoms with van der Waals surface area (Å²) in [4.78, 5) is 26.6. The fourth-order valence-electron chi connectivity index (χ4n) is 3.97. The van der Waals surface area contributed by atoms with Crippen LogP contribution < -0.4 is 5.32 Å². The van der Waals surface area contributed by atoms with E-state index in [0.29, 0.717) is 53.9 Å². The summed E-state index contributed by atoms with van der Waals surface area (Å²) in [6.45, 7) is 2.56. The standard InChI is InChI=1S/C27H23ClN4O4/c28-24-16-20(18-3-5-19(6-4-18)27(34)32-10-12-35-13-11-32)14-21-15-23(36-26(21)24)17-29-25(33)8-7-22-2-1-9-30-31-22/h1-9,14-16H,10-13,17H2,(H,29,33)/b8-7+. The zero-order valence-electron chi connectivity index (χ0n) is 19.3. The van der Waals surface area contributed by atoms with Crippen LogP contribution in [0.15, 0.2) is 71.3 Å². The Morgan fingerprint density at radius 3 is 2.61 bits per heavy atom. The normalized spacial score (nSPS) is 13.9. The number of fused-ring (bicyclic) bond motifs is 1. The predicted octanol–water partition coefficient (Wildman–Crippen LogP) is 4.35. The lowest BCUT2D eigenvalue weighted by molar-refractivity contribution is -0.116. The van der Waals surface area contributed by atoms with Crippen molar-refractivity contribution >= 4 is 40.5 Å². The van der Waals surface area contributed by atoms with Crippen LogP contribution in [0.1, 0.15) is 21.8 Å². The van der Waals surface area contributed by atoms with Gasteiger partial charge in [0.2, 0.25) is 5.91 Å². The maximum Gasteiger partial charge on any atom is 0.254 e. The molecule has 0 spiro atoms. The second kappa shape index (κ2) is 10.7. The summed E-state index contributed by atoms with van der Waals surface area (Å²) in [7, 11) is 0. The Balaban J connectivity index is 1.27. The van der Waals surface area contributed by atoms with E-state index in [0.717, 1.165) is 16.5 Å². The molecule has 4 aromatic rings. The van der Waals surface area contributed by atoms with Crippen LogP contribution in [0.5, 0.6) is 0 Å². The van der Waals surface area contributed by atoms with E-state index >= 15 is 0 Å². The fourth-order valence-corrected chi connectivity index (χ4v) is 4.23. The molecule has 2 aromatic carbocycles. The molecule has 1 aliphatic heterocycles. The van der Waals surface area contributed by atoms with E-state index in [1.54, 1.807) is 29.3 Å². The number of halogens is 1. The number of rotatable bonds is 6. The van der Waals surface area contributed by atoms with Gasteiger partial charge in [-0.1, -0.05) is 23.7 Å². The molecule has 1 fully saturated rings. The topological polar surface area (TPSA) is 97.6 Å². The minimum absolute atomic E-state index is 0.00593. The molecule has 1 aliphatic rings. The van der Waals surface area contributed by atoms with Gasteiger partial charge in [0, 0.05) is 36.3 Å². The van der Waals surface area contributed by atoms with E-state index in [1.807, 2.05) is 42.5 Å². The van der Waals surface area contributed by atoms with Crippen LogP contribution in [-0.2, 0) is 16.1 Å². The molecule has 0 aliphatic carbocycles. The molecule has 0 saturated carbocycles. The molecule has 0 bridgehead atoms. The number of carbonyl (C=O) groups excluding carboxylic acids is 2. The van der Waals surface area contributed by atoms with E-state index in [4.69, 9.17) is 20.8 Å². The molecule has 0 radical (unpaired) electrons. The van der Waals surface area contributed by atoms with Crippen molar-refractivity contribution in [2.45, 2.75) is 6.54 Å². The number of hydrogen-bond donors (Lipinski definition) is 1. The molecule has 9 heteroatoms. The van der Waals surface area contributed by atoms with E-state index in [1.165, 1.54) is 6.08 Å². The van der Waals surface area contributed by atoms with Gasteiger partial charge in [-0.05, 0) is 59.7 Å². The molecule has 2 aromatic heterocycles. The highest BCUT2D eigenvalue weighted by Crippen LogP contribution is 2.33. The minimum Gasteiger partial charge on any atom is -0.458 e. The van der Waals surface area contributed by atoms with Gasteiger partial charge in [-0.25, -0.2) is 0 Å². The van der Waals surface area contributed by atoms with Crippen LogP contribution in [0.2, 0.25) is 5.02 Å². The third-order valence-corrected chi connectivity index (χ3v) is 6.10. The maximum absolute atomic E-state index is 12.7. The summed E-state index contributed by atoms with van der Waals surface area (Å²) < 4.78 is 11.2. The molecule has 8 nitrogen and oxygen atoms in total. The number of benzene rings is 2. The molecule has 0 unspecified atom stereocenters. The number of morpholine rings is 1. The first-order valence-electron chi connectivity index (χ1n) is 11.5. The predicted molar refractivity (Wildman–Crippen MR) is 136 cm³/mol. The number of amides is 2. The fraction of sp³-hybridized carbons (Fsp3) is 0.185. The van der Waals surface area contributed by atoms with Gasteiger partial charge in [0.1, 0.15) is 5.76 Å². The Morgan fingerprint density at radius 1 is 1.06 bits per heavy atom. The van der Waals surface area contributed by atoms with Gasteiger partial charge in [-0.3, -0.25) is 9.59 Å². The molecule has 182 valence electrons. The van der Waals surface area contributed by atoms with Crippen LogP contribution in [-0.4, -0.2) is 53.2 Å². The molecule has 2 amide bonds. The lowest BCUT2D eigenvalue weighted by atomic mass is 10.0. The average molecular weight is 503 g/mol. The SMILES string of the molecule is O=C(/C=C/c1cccnn1)NCc1cc2cc(-c3ccc(C(=O)N4CCOCC4)cc3)cc(Cl)c2o1. The van der Waals surface area contributed by atoms with Crippen LogP contribution in [0, 0.1) is 0 Å². The zero-order chi connectivity index (χ0) is 24.9. The number of hydrogen-bond acceptors (Lipinski definition) is 6. The minimum atomic E-state index is -0.278. The van der Waals surface area contributed by atoms with Crippen LogP contribution in [0.4, 0.5) is 0 Å². The smallest absolute Gasteiger partial charge is 0.254 e. The van der Waals surface area contributed by atoms with Crippen molar-refractivity contribution in [3.63, 3.8) is 0 Å². The van der Waals surface area contributed by atoms with Gasteiger partial charge in [-0.15, -0.1) is 0 Å². The maximum atomic E-state index is 12.7. The number of nitrogens with one attached hydrogen (secondary N) is 1. The number of ether oxygens (including phenoxy) is 1. The quantitative estimate of drug-likeness (QED) is 0.394. The second-order valence-electron chi connectivity index (χ2n) is 8.27. The van der Waals surface area contributed by atoms with Gasteiger partial charge in [0.15, 0.2) is 5.58 Å². The first kappa shape index (κ1) is 23.7. The van der Waals surface area contributed by atoms with Gasteiger partial charge in [0.05, 0.1) is 30.5 Å². The van der Waals surface area contributed by atoms with Crippen molar-refractivity contribution in [2.24, 2.45) is 0 Å². The molecule has 1 N–H and O–H groups in total. The van der Waals surface area contributed by atoms with Gasteiger partial charge >= 0.3 is 0 Å². The van der Waals surface area contributed by atoms with Crippen LogP contribution in [0.3, 0.4) is 0 Å². The molecule has 5 rings (SSSR count). The number of nitrogens with zero attached hydrogens (tertiary/aromatic N) is 3. The summed E-state index contributed by atoms with van der Waals surface area (Å²) in [5.41, 5.74) is 3.62. The van der Waals surface area contributed by atoms with Crippen LogP contribution in [0.25, 0.3) is 28.2 Å². The average Bonchev–Trinajstić information content (AvgIpc) is 3.35. The Morgan fingerprint density at radius 2 is 1.86 bits per heavy atom. The third-order valence-electron chi connectivity index (χ3n) is 5.82. The van der Waals surface area contributed by atoms with Gasteiger partial charge in [0.25, 0.3) is 5.91 Å². The largest absolute Gasteiger partial charge is 0.458 e. The zero-order valence-corrected chi connectivity index (χ0v) is 20.1. The van der Waals surface area contributed by atoms with Crippen molar-refractivity contribution < 1.29 is 18.7 Å². The van der Waals surface area contributed by atoms with Crippen molar-refractivity contribution in [3.05, 3.63) is 88.9 Å². The molecular formula is C27H23ClN4O4. The third kappa shape index (κ3) is 5.45. The summed E-state index contributed by atoms with van der Waals surface area (Å²) in [5, 5.41) is 11.7. The highest BCUT2D eigenvalue weighted by Gasteiger charge is 2.18. The Kier molecular flexibility index (Phi) is 7.06. The molecular weight excluding hydrogens is 480 g/mol. The lowest BCUT2D eigenvalue weighted by Crippen LogP contribution is -2.40. The van der Waals surface area contributed by atoms with Gasteiger partial charge in [-0.2, -0.15) is 10.2 Å². The summed E-state index contributed by atoms with van der Waals surface area (Å²) in [5.74, 6) is 0.308. The van der Waals surface area contributed by atoms with E-state index in [9.17, 15) is 9.59 Å². The molecule has 36 heavy (non-hydrogen) atoms. The highest BCUT2D eigenvalue weighted by molar-refractivity contribution is 6.35. The number of aromatic nitrogens is 2. The van der Waals surface area contributed by atoms with Crippen molar-refractivity contribution in [3.8, 4) is 11.1 Å². The van der Waals surface area contributed by atoms with E-state index in [2.05, 4.69) is 15.5 Å². The van der Waals surface area contributed by atoms with Gasteiger partial charge < -0.3 is 19.4 Å². The molecule has 1 saturated heterocycles. The van der Waals surface area contributed by atoms with Crippen molar-refractivity contribution in [1.29, 1.82) is 0 Å². The number of carbonyl (C=O) groups is 2. The monoisotopic (exact) mass is 502 g/mol. The Hall–Kier alpha value is -4.01. The molecule has 0 atom stereocenters. The Bertz CT molecular complexity index is 1410. The Labute approximate surface area is 212 Å². The summed E-state index contributed by atoms with van der Waals surface area (Å²) >= 11 is 6.51. The first-order chi connectivity index (χ1) is 17.6. The summed E-state index contributed by atoms with van der Waals surface area (Å²) in [6.07, 6.45) is 4.55. The van der Waals surface area contributed by atoms with Crippen molar-refractivity contribution in [1.82, 2.24) is 20.4 Å². The van der Waals surface area contributed by atoms with E-state index < -0.39 is 0 Å². The lowest BCUT2D eigenvalue weighted by Gasteiger charge is -2.26. The first-order valence-corrected chi connectivity index (χ1v) is 11.9. The molecule has 3 heterocycles. The van der Waals surface area contributed by atoms with Crippen molar-refractivity contribution in [2.75, 3.05) is 26.3 Å².